The molecule has 2 N–H and O–H groups in total. The molecule has 5 nitrogen and oxygen atoms in total. The van der Waals surface area contributed by atoms with Crippen molar-refractivity contribution in [1.82, 2.24) is 20.4 Å². The molecule has 0 atom stereocenters. The highest BCUT2D eigenvalue weighted by Crippen LogP contribution is 2.18. The molecule has 1 aromatic rings. The lowest BCUT2D eigenvalue weighted by atomic mass is 10.4. The number of rotatable bonds is 3. The maximum Gasteiger partial charge on any atom is 0.315 e. The van der Waals surface area contributed by atoms with E-state index in [9.17, 15) is 4.79 Å². The standard InChI is InChI=1S/C9H14N4O/c1-13-5-4-8(12-13)6-10-9(14)11-7-2-3-7/h4-5,7H,2-3,6H2,1H3,(H2,10,11,14). The molecule has 1 heterocycles. The highest BCUT2D eigenvalue weighted by Gasteiger charge is 2.22. The number of urea groups is 1. The van der Waals surface area contributed by atoms with Crippen LogP contribution in [0.4, 0.5) is 4.79 Å². The number of nitrogens with zero attached hydrogens (tertiary/aromatic N) is 2. The van der Waals surface area contributed by atoms with Crippen molar-refractivity contribution in [2.75, 3.05) is 0 Å². The van der Waals surface area contributed by atoms with Gasteiger partial charge in [-0.3, -0.25) is 4.68 Å². The van der Waals surface area contributed by atoms with Gasteiger partial charge in [0, 0.05) is 19.3 Å². The van der Waals surface area contributed by atoms with Gasteiger partial charge in [-0.1, -0.05) is 0 Å². The van der Waals surface area contributed by atoms with E-state index in [0.717, 1.165) is 18.5 Å². The lowest BCUT2D eigenvalue weighted by Gasteiger charge is -2.03. The molecular formula is C9H14N4O. The average molecular weight is 194 g/mol. The maximum atomic E-state index is 11.2. The molecule has 0 unspecified atom stereocenters. The van der Waals surface area contributed by atoms with Crippen LogP contribution in [0.3, 0.4) is 0 Å². The van der Waals surface area contributed by atoms with Crippen LogP contribution >= 0.6 is 0 Å². The Hall–Kier alpha value is -1.52. The molecule has 0 radical (unpaired) electrons. The summed E-state index contributed by atoms with van der Waals surface area (Å²) < 4.78 is 1.72. The van der Waals surface area contributed by atoms with Gasteiger partial charge in [0.05, 0.1) is 12.2 Å². The van der Waals surface area contributed by atoms with Gasteiger partial charge in [-0.25, -0.2) is 4.79 Å². The van der Waals surface area contributed by atoms with Crippen molar-refractivity contribution in [1.29, 1.82) is 0 Å². The first kappa shape index (κ1) is 9.05. The molecule has 14 heavy (non-hydrogen) atoms. The summed E-state index contributed by atoms with van der Waals surface area (Å²) in [5.41, 5.74) is 0.874. The summed E-state index contributed by atoms with van der Waals surface area (Å²) in [5.74, 6) is 0. The first-order chi connectivity index (χ1) is 6.74. The minimum absolute atomic E-state index is 0.0989. The van der Waals surface area contributed by atoms with Gasteiger partial charge in [0.1, 0.15) is 0 Å². The van der Waals surface area contributed by atoms with E-state index in [1.807, 2.05) is 19.3 Å². The minimum atomic E-state index is -0.0989. The second kappa shape index (κ2) is 3.69. The summed E-state index contributed by atoms with van der Waals surface area (Å²) >= 11 is 0. The minimum Gasteiger partial charge on any atom is -0.335 e. The third-order valence-electron chi connectivity index (χ3n) is 2.11. The van der Waals surface area contributed by atoms with E-state index in [1.165, 1.54) is 0 Å². The van der Waals surface area contributed by atoms with Gasteiger partial charge in [0.2, 0.25) is 0 Å². The third-order valence-corrected chi connectivity index (χ3v) is 2.11. The lowest BCUT2D eigenvalue weighted by molar-refractivity contribution is 0.240. The van der Waals surface area contributed by atoms with Gasteiger partial charge >= 0.3 is 6.03 Å². The van der Waals surface area contributed by atoms with Crippen molar-refractivity contribution < 1.29 is 4.79 Å². The van der Waals surface area contributed by atoms with Gasteiger partial charge in [-0.15, -0.1) is 0 Å². The second-order valence-corrected chi connectivity index (χ2v) is 3.58. The van der Waals surface area contributed by atoms with Gasteiger partial charge in [0.25, 0.3) is 0 Å². The Labute approximate surface area is 82.5 Å². The van der Waals surface area contributed by atoms with E-state index in [2.05, 4.69) is 15.7 Å². The SMILES string of the molecule is Cn1ccc(CNC(=O)NC2CC2)n1. The summed E-state index contributed by atoms with van der Waals surface area (Å²) in [4.78, 5) is 11.2. The topological polar surface area (TPSA) is 59.0 Å². The molecule has 1 aliphatic carbocycles. The zero-order valence-electron chi connectivity index (χ0n) is 8.16. The fourth-order valence-electron chi connectivity index (χ4n) is 1.19. The van der Waals surface area contributed by atoms with E-state index < -0.39 is 0 Å². The number of amides is 2. The summed E-state index contributed by atoms with van der Waals surface area (Å²) in [6.07, 6.45) is 4.07. The maximum absolute atomic E-state index is 11.2. The molecular weight excluding hydrogens is 180 g/mol. The van der Waals surface area contributed by atoms with Crippen molar-refractivity contribution in [2.45, 2.75) is 25.4 Å². The van der Waals surface area contributed by atoms with Crippen molar-refractivity contribution in [3.8, 4) is 0 Å². The monoisotopic (exact) mass is 194 g/mol. The van der Waals surface area contributed by atoms with Crippen molar-refractivity contribution in [2.24, 2.45) is 7.05 Å². The van der Waals surface area contributed by atoms with Gasteiger partial charge in [0.15, 0.2) is 0 Å². The zero-order chi connectivity index (χ0) is 9.97. The zero-order valence-corrected chi connectivity index (χ0v) is 8.16. The van der Waals surface area contributed by atoms with Crippen molar-refractivity contribution >= 4 is 6.03 Å². The Morgan fingerprint density at radius 3 is 3.07 bits per heavy atom. The molecule has 0 saturated heterocycles. The lowest BCUT2D eigenvalue weighted by Crippen LogP contribution is -2.36. The van der Waals surface area contributed by atoms with Gasteiger partial charge in [-0.2, -0.15) is 5.10 Å². The number of carbonyl (C=O) groups excluding carboxylic acids is 1. The first-order valence-electron chi connectivity index (χ1n) is 4.77. The van der Waals surface area contributed by atoms with Crippen LogP contribution in [0.1, 0.15) is 18.5 Å². The van der Waals surface area contributed by atoms with E-state index >= 15 is 0 Å². The Bertz CT molecular complexity index is 329. The van der Waals surface area contributed by atoms with E-state index in [1.54, 1.807) is 4.68 Å². The van der Waals surface area contributed by atoms with Crippen LogP contribution in [0.5, 0.6) is 0 Å². The highest BCUT2D eigenvalue weighted by atomic mass is 16.2. The first-order valence-corrected chi connectivity index (χ1v) is 4.77. The Morgan fingerprint density at radius 2 is 2.50 bits per heavy atom. The number of aryl methyl sites for hydroxylation is 1. The number of hydrogen-bond acceptors (Lipinski definition) is 2. The summed E-state index contributed by atoms with van der Waals surface area (Å²) in [6.45, 7) is 0.486. The molecule has 0 spiro atoms. The molecule has 0 bridgehead atoms. The summed E-state index contributed by atoms with van der Waals surface area (Å²) in [5, 5.41) is 9.76. The Kier molecular flexibility index (Phi) is 2.39. The van der Waals surface area contributed by atoms with Crippen LogP contribution in [-0.2, 0) is 13.6 Å². The predicted octanol–water partition coefficient (Wildman–Crippen LogP) is 0.382. The molecule has 1 saturated carbocycles. The molecule has 0 aromatic carbocycles. The van der Waals surface area contributed by atoms with E-state index in [-0.39, 0.29) is 6.03 Å². The van der Waals surface area contributed by atoms with E-state index in [4.69, 9.17) is 0 Å². The molecule has 1 aliphatic rings. The van der Waals surface area contributed by atoms with Gasteiger partial charge < -0.3 is 10.6 Å². The number of nitrogens with one attached hydrogen (secondary N) is 2. The molecule has 2 rings (SSSR count). The Balaban J connectivity index is 1.73. The Morgan fingerprint density at radius 1 is 1.71 bits per heavy atom. The van der Waals surface area contributed by atoms with Crippen molar-refractivity contribution in [3.63, 3.8) is 0 Å². The van der Waals surface area contributed by atoms with Crippen LogP contribution < -0.4 is 10.6 Å². The molecule has 76 valence electrons. The van der Waals surface area contributed by atoms with Gasteiger partial charge in [-0.05, 0) is 18.9 Å². The molecule has 2 amide bonds. The van der Waals surface area contributed by atoms with Crippen LogP contribution in [0.2, 0.25) is 0 Å². The summed E-state index contributed by atoms with van der Waals surface area (Å²) in [7, 11) is 1.85. The number of hydrogen-bond donors (Lipinski definition) is 2. The average Bonchev–Trinajstić information content (AvgIpc) is 2.85. The largest absolute Gasteiger partial charge is 0.335 e. The summed E-state index contributed by atoms with van der Waals surface area (Å²) in [6, 6.07) is 2.19. The van der Waals surface area contributed by atoms with Crippen molar-refractivity contribution in [3.05, 3.63) is 18.0 Å². The third kappa shape index (κ3) is 2.48. The fraction of sp³-hybridized carbons (Fsp3) is 0.556. The van der Waals surface area contributed by atoms with Crippen LogP contribution in [0.25, 0.3) is 0 Å². The predicted molar refractivity (Wildman–Crippen MR) is 51.6 cm³/mol. The molecule has 1 fully saturated rings. The number of aromatic nitrogens is 2. The van der Waals surface area contributed by atoms with Crippen LogP contribution in [-0.4, -0.2) is 21.9 Å². The smallest absolute Gasteiger partial charge is 0.315 e. The van der Waals surface area contributed by atoms with E-state index in [0.29, 0.717) is 12.6 Å². The van der Waals surface area contributed by atoms with Crippen LogP contribution in [0.15, 0.2) is 12.3 Å². The van der Waals surface area contributed by atoms with Crippen LogP contribution in [0, 0.1) is 0 Å². The molecule has 1 aromatic heterocycles. The normalized spacial score (nSPS) is 15.2. The number of carbonyl (C=O) groups is 1. The molecule has 0 aliphatic heterocycles. The quantitative estimate of drug-likeness (QED) is 0.731. The second-order valence-electron chi connectivity index (χ2n) is 3.58. The molecule has 5 heteroatoms. The highest BCUT2D eigenvalue weighted by molar-refractivity contribution is 5.74. The fourth-order valence-corrected chi connectivity index (χ4v) is 1.19.